The van der Waals surface area contributed by atoms with E-state index in [0.717, 1.165) is 50.9 Å². The highest BCUT2D eigenvalue weighted by Crippen LogP contribution is 2.32. The van der Waals surface area contributed by atoms with E-state index < -0.39 is 6.04 Å². The summed E-state index contributed by atoms with van der Waals surface area (Å²) in [6.07, 6.45) is 5.11. The van der Waals surface area contributed by atoms with Crippen molar-refractivity contribution >= 4 is 23.4 Å². The van der Waals surface area contributed by atoms with E-state index in [0.29, 0.717) is 5.02 Å². The third-order valence-corrected chi connectivity index (χ3v) is 5.51. The minimum Gasteiger partial charge on any atom is -0.358 e. The molecule has 0 aromatic heterocycles. The summed E-state index contributed by atoms with van der Waals surface area (Å²) in [4.78, 5) is 29.7. The molecule has 2 aliphatic heterocycles. The minimum atomic E-state index is -0.455. The number of carbonyl (C=O) groups is 2. The smallest absolute Gasteiger partial charge is 0.241 e. The number of piperidine rings is 1. The second-order valence-electron chi connectivity index (χ2n) is 6.85. The molecule has 3 rings (SSSR count). The first-order chi connectivity index (χ1) is 12.1. The Morgan fingerprint density at radius 1 is 1.08 bits per heavy atom. The van der Waals surface area contributed by atoms with Crippen LogP contribution in [0.4, 0.5) is 0 Å². The van der Waals surface area contributed by atoms with Gasteiger partial charge in [0.2, 0.25) is 11.8 Å². The number of amides is 2. The van der Waals surface area contributed by atoms with Crippen LogP contribution in [0.25, 0.3) is 0 Å². The summed E-state index contributed by atoms with van der Waals surface area (Å²) in [5, 5.41) is 3.40. The van der Waals surface area contributed by atoms with E-state index in [4.69, 9.17) is 11.6 Å². The lowest BCUT2D eigenvalue weighted by Crippen LogP contribution is -2.50. The van der Waals surface area contributed by atoms with Gasteiger partial charge in [-0.05, 0) is 49.8 Å². The molecule has 6 heteroatoms. The largest absolute Gasteiger partial charge is 0.358 e. The fourth-order valence-corrected chi connectivity index (χ4v) is 4.09. The van der Waals surface area contributed by atoms with Crippen LogP contribution in [0.15, 0.2) is 24.3 Å². The fraction of sp³-hybridized carbons (Fsp3) is 0.579. The van der Waals surface area contributed by atoms with Crippen LogP contribution >= 0.6 is 11.6 Å². The van der Waals surface area contributed by atoms with Crippen molar-refractivity contribution in [3.63, 3.8) is 0 Å². The Morgan fingerprint density at radius 3 is 2.40 bits per heavy atom. The Kier molecular flexibility index (Phi) is 5.97. The van der Waals surface area contributed by atoms with E-state index in [1.165, 1.54) is 6.42 Å². The van der Waals surface area contributed by atoms with Crippen LogP contribution in [0, 0.1) is 0 Å². The Bertz CT molecular complexity index is 614. The zero-order valence-corrected chi connectivity index (χ0v) is 15.5. The lowest BCUT2D eigenvalue weighted by atomic mass is 10.0. The Hall–Kier alpha value is -1.59. The molecule has 1 N–H and O–H groups in total. The van der Waals surface area contributed by atoms with Gasteiger partial charge in [0.05, 0.1) is 6.04 Å². The second-order valence-corrected chi connectivity index (χ2v) is 7.29. The van der Waals surface area contributed by atoms with Crippen molar-refractivity contribution in [3.8, 4) is 0 Å². The van der Waals surface area contributed by atoms with Crippen molar-refractivity contribution in [2.75, 3.05) is 26.7 Å². The summed E-state index contributed by atoms with van der Waals surface area (Å²) >= 11 is 6.00. The van der Waals surface area contributed by atoms with Gasteiger partial charge < -0.3 is 10.2 Å². The standard InChI is InChI=1S/C19H26ClN3O2/c1-21-18(24)17(14-7-9-15(20)10-8-14)23-13-5-6-16(23)19(25)22-11-3-2-4-12-22/h7-10,16-17H,2-6,11-13H2,1H3,(H,21,24). The van der Waals surface area contributed by atoms with Crippen LogP contribution < -0.4 is 5.32 Å². The zero-order chi connectivity index (χ0) is 17.8. The van der Waals surface area contributed by atoms with Crippen molar-refractivity contribution in [3.05, 3.63) is 34.9 Å². The zero-order valence-electron chi connectivity index (χ0n) is 14.7. The number of hydrogen-bond acceptors (Lipinski definition) is 3. The minimum absolute atomic E-state index is 0.0827. The Balaban J connectivity index is 1.84. The number of nitrogens with zero attached hydrogens (tertiary/aromatic N) is 2. The van der Waals surface area contributed by atoms with Crippen LogP contribution in [0.1, 0.15) is 43.7 Å². The van der Waals surface area contributed by atoms with Crippen LogP contribution in [0.2, 0.25) is 5.02 Å². The van der Waals surface area contributed by atoms with E-state index in [1.54, 1.807) is 19.2 Å². The number of likely N-dealkylation sites (tertiary alicyclic amines) is 2. The van der Waals surface area contributed by atoms with E-state index in [2.05, 4.69) is 10.2 Å². The highest BCUT2D eigenvalue weighted by Gasteiger charge is 2.40. The molecule has 0 bridgehead atoms. The Labute approximate surface area is 154 Å². The maximum absolute atomic E-state index is 13.0. The van der Waals surface area contributed by atoms with Gasteiger partial charge in [0.1, 0.15) is 6.04 Å². The van der Waals surface area contributed by atoms with Crippen molar-refractivity contribution < 1.29 is 9.59 Å². The summed E-state index contributed by atoms with van der Waals surface area (Å²) in [5.41, 5.74) is 0.877. The molecular formula is C19H26ClN3O2. The molecule has 25 heavy (non-hydrogen) atoms. The number of nitrogens with one attached hydrogen (secondary N) is 1. The monoisotopic (exact) mass is 363 g/mol. The first-order valence-corrected chi connectivity index (χ1v) is 9.51. The van der Waals surface area contributed by atoms with Crippen LogP contribution in [-0.4, -0.2) is 54.3 Å². The van der Waals surface area contributed by atoms with Crippen LogP contribution in [0.5, 0.6) is 0 Å². The van der Waals surface area contributed by atoms with E-state index in [1.807, 2.05) is 17.0 Å². The SMILES string of the molecule is CNC(=O)C(c1ccc(Cl)cc1)N1CCCC1C(=O)N1CCCCC1. The molecule has 1 aromatic rings. The second kappa shape index (κ2) is 8.19. The number of carbonyl (C=O) groups excluding carboxylic acids is 2. The predicted octanol–water partition coefficient (Wildman–Crippen LogP) is 2.60. The van der Waals surface area contributed by atoms with Crippen molar-refractivity contribution in [2.45, 2.75) is 44.2 Å². The number of halogens is 1. The summed E-state index contributed by atoms with van der Waals surface area (Å²) in [5.74, 6) is 0.0979. The first kappa shape index (κ1) is 18.2. The third kappa shape index (κ3) is 3.98. The summed E-state index contributed by atoms with van der Waals surface area (Å²) in [7, 11) is 1.64. The van der Waals surface area contributed by atoms with Gasteiger partial charge in [-0.2, -0.15) is 0 Å². The molecular weight excluding hydrogens is 338 g/mol. The summed E-state index contributed by atoms with van der Waals surface area (Å²) in [6, 6.07) is 6.68. The third-order valence-electron chi connectivity index (χ3n) is 5.26. The van der Waals surface area contributed by atoms with Gasteiger partial charge in [-0.3, -0.25) is 14.5 Å². The van der Waals surface area contributed by atoms with E-state index >= 15 is 0 Å². The Morgan fingerprint density at radius 2 is 1.76 bits per heavy atom. The molecule has 2 atom stereocenters. The van der Waals surface area contributed by atoms with Gasteiger partial charge in [-0.25, -0.2) is 0 Å². The summed E-state index contributed by atoms with van der Waals surface area (Å²) < 4.78 is 0. The molecule has 0 saturated carbocycles. The molecule has 136 valence electrons. The lowest BCUT2D eigenvalue weighted by molar-refractivity contribution is -0.139. The quantitative estimate of drug-likeness (QED) is 0.894. The molecule has 2 saturated heterocycles. The van der Waals surface area contributed by atoms with Crippen molar-refractivity contribution in [2.24, 2.45) is 0 Å². The number of rotatable bonds is 4. The van der Waals surface area contributed by atoms with Crippen LogP contribution in [0.3, 0.4) is 0 Å². The molecule has 2 unspecified atom stereocenters. The first-order valence-electron chi connectivity index (χ1n) is 9.13. The van der Waals surface area contributed by atoms with Gasteiger partial charge in [0.15, 0.2) is 0 Å². The molecule has 5 nitrogen and oxygen atoms in total. The van der Waals surface area contributed by atoms with Crippen molar-refractivity contribution in [1.29, 1.82) is 0 Å². The van der Waals surface area contributed by atoms with Gasteiger partial charge in [-0.1, -0.05) is 23.7 Å². The molecule has 2 fully saturated rings. The van der Waals surface area contributed by atoms with Gasteiger partial charge in [0.25, 0.3) is 0 Å². The van der Waals surface area contributed by atoms with Gasteiger partial charge >= 0.3 is 0 Å². The molecule has 0 radical (unpaired) electrons. The van der Waals surface area contributed by atoms with E-state index in [9.17, 15) is 9.59 Å². The van der Waals surface area contributed by atoms with Gasteiger partial charge in [-0.15, -0.1) is 0 Å². The number of benzene rings is 1. The molecule has 2 aliphatic rings. The molecule has 2 heterocycles. The molecule has 1 aromatic carbocycles. The maximum Gasteiger partial charge on any atom is 0.241 e. The normalized spacial score (nSPS) is 22.6. The van der Waals surface area contributed by atoms with Crippen LogP contribution in [-0.2, 0) is 9.59 Å². The fourth-order valence-electron chi connectivity index (χ4n) is 3.96. The average Bonchev–Trinajstić information content (AvgIpc) is 3.12. The number of hydrogen-bond donors (Lipinski definition) is 1. The average molecular weight is 364 g/mol. The predicted molar refractivity (Wildman–Crippen MR) is 98.4 cm³/mol. The highest BCUT2D eigenvalue weighted by molar-refractivity contribution is 6.30. The molecule has 2 amide bonds. The lowest BCUT2D eigenvalue weighted by Gasteiger charge is -2.35. The molecule has 0 aliphatic carbocycles. The highest BCUT2D eigenvalue weighted by atomic mass is 35.5. The van der Waals surface area contributed by atoms with E-state index in [-0.39, 0.29) is 17.9 Å². The topological polar surface area (TPSA) is 52.7 Å². The summed E-state index contributed by atoms with van der Waals surface area (Å²) in [6.45, 7) is 2.44. The number of likely N-dealkylation sites (N-methyl/N-ethyl adjacent to an activating group) is 1. The maximum atomic E-state index is 13.0. The van der Waals surface area contributed by atoms with Crippen molar-refractivity contribution in [1.82, 2.24) is 15.1 Å². The van der Waals surface area contributed by atoms with Gasteiger partial charge in [0, 0.05) is 31.7 Å². The molecule has 0 spiro atoms.